The summed E-state index contributed by atoms with van der Waals surface area (Å²) in [5.74, 6) is 0. The van der Waals surface area contributed by atoms with Crippen molar-refractivity contribution in [1.29, 1.82) is 0 Å². The van der Waals surface area contributed by atoms with E-state index in [0.717, 1.165) is 0 Å². The number of nitrogens with zero attached hydrogens (tertiary/aromatic N) is 4. The van der Waals surface area contributed by atoms with Gasteiger partial charge in [-0.25, -0.2) is 17.9 Å². The molecule has 0 atom stereocenters. The smallest absolute Gasteiger partial charge is 0.350 e. The Bertz CT molecular complexity index is 1130. The molecule has 10 heteroatoms. The lowest BCUT2D eigenvalue weighted by Crippen LogP contribution is -2.40. The van der Waals surface area contributed by atoms with Gasteiger partial charge in [-0.05, 0) is 30.3 Å². The normalized spacial score (nSPS) is 15.7. The number of ether oxygens (including phenoxy) is 1. The highest BCUT2D eigenvalue weighted by Gasteiger charge is 2.26. The summed E-state index contributed by atoms with van der Waals surface area (Å²) in [6.07, 6.45) is 1.68. The number of hydrogen-bond donors (Lipinski definition) is 1. The summed E-state index contributed by atoms with van der Waals surface area (Å²) in [6.45, 7) is 2.33. The van der Waals surface area contributed by atoms with Crippen molar-refractivity contribution in [2.75, 3.05) is 38.2 Å². The summed E-state index contributed by atoms with van der Waals surface area (Å²) in [4.78, 5) is 12.5. The van der Waals surface area contributed by atoms with E-state index in [1.54, 1.807) is 42.6 Å². The highest BCUT2D eigenvalue weighted by molar-refractivity contribution is 7.89. The molecule has 4 rings (SSSR count). The fraction of sp³-hybridized carbons (Fsp3) is 0.333. The van der Waals surface area contributed by atoms with Crippen molar-refractivity contribution in [2.45, 2.75) is 11.4 Å². The standard InChI is InChI=1S/C18H21N5O4S/c24-18-22-8-2-1-6-17(22)20-23(18)9-7-19-15-4-3-5-16(14-15)28(25,26)21-10-12-27-13-11-21/h1-6,8,14,19H,7,9-13H2. The molecule has 0 bridgehead atoms. The van der Waals surface area contributed by atoms with Gasteiger partial charge < -0.3 is 10.1 Å². The predicted molar refractivity (Wildman–Crippen MR) is 104 cm³/mol. The molecule has 28 heavy (non-hydrogen) atoms. The van der Waals surface area contributed by atoms with E-state index >= 15 is 0 Å². The van der Waals surface area contributed by atoms with Gasteiger partial charge in [0.2, 0.25) is 10.0 Å². The summed E-state index contributed by atoms with van der Waals surface area (Å²) < 4.78 is 35.1. The molecule has 0 radical (unpaired) electrons. The number of morpholine rings is 1. The molecule has 1 aliphatic heterocycles. The Balaban J connectivity index is 1.45. The summed E-state index contributed by atoms with van der Waals surface area (Å²) in [5.41, 5.74) is 1.05. The van der Waals surface area contributed by atoms with Crippen molar-refractivity contribution in [3.63, 3.8) is 0 Å². The van der Waals surface area contributed by atoms with Gasteiger partial charge in [0.15, 0.2) is 5.65 Å². The predicted octanol–water partition coefficient (Wildman–Crippen LogP) is 0.629. The van der Waals surface area contributed by atoms with Crippen molar-refractivity contribution in [3.05, 3.63) is 59.1 Å². The first-order chi connectivity index (χ1) is 13.6. The molecule has 0 amide bonds. The molecule has 1 saturated heterocycles. The number of hydrogen-bond acceptors (Lipinski definition) is 6. The molecular weight excluding hydrogens is 382 g/mol. The summed E-state index contributed by atoms with van der Waals surface area (Å²) >= 11 is 0. The molecule has 3 aromatic rings. The van der Waals surface area contributed by atoms with Crippen molar-refractivity contribution in [2.24, 2.45) is 0 Å². The Hall–Kier alpha value is -2.69. The zero-order valence-electron chi connectivity index (χ0n) is 15.2. The SMILES string of the molecule is O=c1n(CCNc2cccc(S(=O)(=O)N3CCOCC3)c2)nc2ccccn12. The first kappa shape index (κ1) is 18.7. The van der Waals surface area contributed by atoms with Gasteiger partial charge in [-0.3, -0.25) is 4.40 Å². The Morgan fingerprint density at radius 2 is 1.93 bits per heavy atom. The van der Waals surface area contributed by atoms with Crippen LogP contribution in [0.4, 0.5) is 5.69 Å². The van der Waals surface area contributed by atoms with E-state index in [4.69, 9.17) is 4.74 Å². The molecule has 9 nitrogen and oxygen atoms in total. The third-order valence-corrected chi connectivity index (χ3v) is 6.48. The summed E-state index contributed by atoms with van der Waals surface area (Å²) in [6, 6.07) is 12.1. The molecule has 1 N–H and O–H groups in total. The van der Waals surface area contributed by atoms with Gasteiger partial charge in [-0.2, -0.15) is 4.31 Å². The van der Waals surface area contributed by atoms with Crippen molar-refractivity contribution < 1.29 is 13.2 Å². The molecule has 0 saturated carbocycles. The largest absolute Gasteiger partial charge is 0.383 e. The fourth-order valence-corrected chi connectivity index (χ4v) is 4.58. The minimum atomic E-state index is -3.54. The van der Waals surface area contributed by atoms with Crippen LogP contribution in [0, 0.1) is 0 Å². The molecule has 148 valence electrons. The van der Waals surface area contributed by atoms with Gasteiger partial charge in [0, 0.05) is 31.5 Å². The van der Waals surface area contributed by atoms with Crippen molar-refractivity contribution in [3.8, 4) is 0 Å². The molecule has 0 spiro atoms. The number of rotatable bonds is 6. The van der Waals surface area contributed by atoms with Gasteiger partial charge in [0.1, 0.15) is 0 Å². The molecule has 3 heterocycles. The van der Waals surface area contributed by atoms with Crippen LogP contribution in [0.15, 0.2) is 58.4 Å². The number of nitrogens with one attached hydrogen (secondary N) is 1. The van der Waals surface area contributed by atoms with Gasteiger partial charge >= 0.3 is 5.69 Å². The van der Waals surface area contributed by atoms with E-state index in [0.29, 0.717) is 50.7 Å². The third-order valence-electron chi connectivity index (χ3n) is 4.58. The second kappa shape index (κ2) is 7.74. The lowest BCUT2D eigenvalue weighted by Gasteiger charge is -2.26. The average Bonchev–Trinajstić information content (AvgIpc) is 3.05. The van der Waals surface area contributed by atoms with E-state index in [1.807, 2.05) is 6.07 Å². The quantitative estimate of drug-likeness (QED) is 0.648. The number of benzene rings is 1. The number of aromatic nitrogens is 3. The van der Waals surface area contributed by atoms with Gasteiger partial charge in [-0.15, -0.1) is 5.10 Å². The van der Waals surface area contributed by atoms with E-state index in [9.17, 15) is 13.2 Å². The van der Waals surface area contributed by atoms with Crippen LogP contribution in [0.1, 0.15) is 0 Å². The van der Waals surface area contributed by atoms with Crippen LogP contribution < -0.4 is 11.0 Å². The maximum absolute atomic E-state index is 12.8. The molecule has 1 fully saturated rings. The van der Waals surface area contributed by atoms with Crippen molar-refractivity contribution >= 4 is 21.4 Å². The average molecular weight is 403 g/mol. The number of anilines is 1. The lowest BCUT2D eigenvalue weighted by molar-refractivity contribution is 0.0730. The topological polar surface area (TPSA) is 97.9 Å². The molecule has 1 aromatic carbocycles. The molecule has 0 aliphatic carbocycles. The molecule has 2 aromatic heterocycles. The van der Waals surface area contributed by atoms with Crippen LogP contribution in [0.2, 0.25) is 0 Å². The highest BCUT2D eigenvalue weighted by atomic mass is 32.2. The first-order valence-corrected chi connectivity index (χ1v) is 10.5. The van der Waals surface area contributed by atoms with E-state index < -0.39 is 10.0 Å². The van der Waals surface area contributed by atoms with Crippen LogP contribution in [-0.2, 0) is 21.3 Å². The van der Waals surface area contributed by atoms with E-state index in [-0.39, 0.29) is 10.6 Å². The monoisotopic (exact) mass is 403 g/mol. The first-order valence-electron chi connectivity index (χ1n) is 9.02. The number of sulfonamides is 1. The summed E-state index contributed by atoms with van der Waals surface area (Å²) in [5, 5.41) is 7.44. The van der Waals surface area contributed by atoms with Gasteiger partial charge in [0.05, 0.1) is 24.7 Å². The van der Waals surface area contributed by atoms with Crippen LogP contribution in [0.3, 0.4) is 0 Å². The second-order valence-electron chi connectivity index (χ2n) is 6.41. The Morgan fingerprint density at radius 3 is 2.71 bits per heavy atom. The maximum atomic E-state index is 12.8. The second-order valence-corrected chi connectivity index (χ2v) is 8.34. The molecule has 1 aliphatic rings. The summed E-state index contributed by atoms with van der Waals surface area (Å²) in [7, 11) is -3.54. The van der Waals surface area contributed by atoms with E-state index in [2.05, 4.69) is 10.4 Å². The lowest BCUT2D eigenvalue weighted by atomic mass is 10.3. The maximum Gasteiger partial charge on any atom is 0.350 e. The van der Waals surface area contributed by atoms with Gasteiger partial charge in [-0.1, -0.05) is 12.1 Å². The zero-order chi connectivity index (χ0) is 19.6. The Labute approximate surface area is 162 Å². The minimum Gasteiger partial charge on any atom is -0.383 e. The van der Waals surface area contributed by atoms with Crippen LogP contribution in [-0.4, -0.2) is 59.8 Å². The number of pyridine rings is 1. The van der Waals surface area contributed by atoms with Crippen LogP contribution >= 0.6 is 0 Å². The molecule has 0 unspecified atom stereocenters. The molecular formula is C18H21N5O4S. The highest BCUT2D eigenvalue weighted by Crippen LogP contribution is 2.20. The number of fused-ring (bicyclic) bond motifs is 1. The van der Waals surface area contributed by atoms with Crippen molar-refractivity contribution in [1.82, 2.24) is 18.5 Å². The minimum absolute atomic E-state index is 0.207. The van der Waals surface area contributed by atoms with Gasteiger partial charge in [0.25, 0.3) is 0 Å². The fourth-order valence-electron chi connectivity index (χ4n) is 3.12. The Kier molecular flexibility index (Phi) is 5.16. The van der Waals surface area contributed by atoms with Crippen LogP contribution in [0.25, 0.3) is 5.65 Å². The Morgan fingerprint density at radius 1 is 1.11 bits per heavy atom. The van der Waals surface area contributed by atoms with E-state index in [1.165, 1.54) is 13.4 Å². The zero-order valence-corrected chi connectivity index (χ0v) is 16.0. The third kappa shape index (κ3) is 3.66. The van der Waals surface area contributed by atoms with Crippen LogP contribution in [0.5, 0.6) is 0 Å².